The van der Waals surface area contributed by atoms with Crippen molar-refractivity contribution in [2.75, 3.05) is 32.1 Å². The minimum atomic E-state index is -3.98. The summed E-state index contributed by atoms with van der Waals surface area (Å²) in [6, 6.07) is 14.9. The molecule has 0 aliphatic rings. The SMILES string of the molecule is CC[C@@H](C)NC(=O)[C@@H](CC)N(Cc1cccc(OC)c1)C(=O)CN(c1ccccc1)S(=O)(=O)N(C)C. The first-order valence-corrected chi connectivity index (χ1v) is 13.4. The molecule has 0 saturated carbocycles. The molecule has 0 radical (unpaired) electrons. The van der Waals surface area contributed by atoms with Crippen molar-refractivity contribution < 1.29 is 22.7 Å². The summed E-state index contributed by atoms with van der Waals surface area (Å²) in [5.41, 5.74) is 1.12. The van der Waals surface area contributed by atoms with Crippen molar-refractivity contribution >= 4 is 27.7 Å². The first-order chi connectivity index (χ1) is 17.0. The Hall–Kier alpha value is -3.11. The lowest BCUT2D eigenvalue weighted by Crippen LogP contribution is -2.54. The van der Waals surface area contributed by atoms with E-state index in [0.717, 1.165) is 20.6 Å². The van der Waals surface area contributed by atoms with Gasteiger partial charge < -0.3 is 15.0 Å². The molecule has 0 aromatic heterocycles. The predicted molar refractivity (Wildman–Crippen MR) is 142 cm³/mol. The quantitative estimate of drug-likeness (QED) is 0.440. The maximum Gasteiger partial charge on any atom is 0.304 e. The van der Waals surface area contributed by atoms with Gasteiger partial charge in [0.1, 0.15) is 18.3 Å². The molecule has 0 aliphatic carbocycles. The fourth-order valence-corrected chi connectivity index (χ4v) is 4.70. The number of carbonyl (C=O) groups is 2. The van der Waals surface area contributed by atoms with Crippen LogP contribution < -0.4 is 14.4 Å². The highest BCUT2D eigenvalue weighted by molar-refractivity contribution is 7.90. The van der Waals surface area contributed by atoms with Crippen LogP contribution in [-0.4, -0.2) is 69.3 Å². The van der Waals surface area contributed by atoms with Crippen LogP contribution in [0.4, 0.5) is 5.69 Å². The van der Waals surface area contributed by atoms with Gasteiger partial charge in [0.15, 0.2) is 0 Å². The van der Waals surface area contributed by atoms with Gasteiger partial charge in [-0.2, -0.15) is 12.7 Å². The zero-order valence-electron chi connectivity index (χ0n) is 22.0. The molecule has 198 valence electrons. The third-order valence-corrected chi connectivity index (χ3v) is 7.76. The van der Waals surface area contributed by atoms with Crippen LogP contribution in [-0.2, 0) is 26.3 Å². The van der Waals surface area contributed by atoms with E-state index in [1.54, 1.807) is 49.6 Å². The molecule has 0 aliphatic heterocycles. The van der Waals surface area contributed by atoms with E-state index < -0.39 is 28.7 Å². The molecule has 0 fully saturated rings. The van der Waals surface area contributed by atoms with E-state index in [0.29, 0.717) is 17.9 Å². The third kappa shape index (κ3) is 7.44. The molecule has 2 rings (SSSR count). The highest BCUT2D eigenvalue weighted by Crippen LogP contribution is 2.22. The highest BCUT2D eigenvalue weighted by atomic mass is 32.2. The summed E-state index contributed by atoms with van der Waals surface area (Å²) in [4.78, 5) is 28.5. The fourth-order valence-electron chi connectivity index (χ4n) is 3.64. The lowest BCUT2D eigenvalue weighted by molar-refractivity contribution is -0.140. The van der Waals surface area contributed by atoms with Crippen molar-refractivity contribution in [2.24, 2.45) is 0 Å². The van der Waals surface area contributed by atoms with Crippen LogP contribution in [0.2, 0.25) is 0 Å². The van der Waals surface area contributed by atoms with Gasteiger partial charge >= 0.3 is 10.2 Å². The van der Waals surface area contributed by atoms with Crippen LogP contribution in [0, 0.1) is 0 Å². The van der Waals surface area contributed by atoms with E-state index in [-0.39, 0.29) is 18.5 Å². The lowest BCUT2D eigenvalue weighted by atomic mass is 10.1. The number of hydrogen-bond acceptors (Lipinski definition) is 5. The van der Waals surface area contributed by atoms with Crippen molar-refractivity contribution in [1.82, 2.24) is 14.5 Å². The zero-order valence-corrected chi connectivity index (χ0v) is 22.8. The molecule has 10 heteroatoms. The second-order valence-electron chi connectivity index (χ2n) is 8.75. The van der Waals surface area contributed by atoms with Gasteiger partial charge in [-0.05, 0) is 49.6 Å². The Kier molecular flexibility index (Phi) is 10.7. The highest BCUT2D eigenvalue weighted by Gasteiger charge is 2.34. The first kappa shape index (κ1) is 29.1. The Bertz CT molecular complexity index is 1110. The second-order valence-corrected chi connectivity index (χ2v) is 10.8. The second kappa shape index (κ2) is 13.3. The molecule has 1 N–H and O–H groups in total. The minimum Gasteiger partial charge on any atom is -0.497 e. The standard InChI is InChI=1S/C26H38N4O5S/c1-7-20(3)27-26(32)24(8-2)29(18-21-13-12-16-23(17-21)35-6)25(31)19-30(36(33,34)28(4)5)22-14-10-9-11-15-22/h9-17,20,24H,7-8,18-19H2,1-6H3,(H,27,32)/t20-,24-/m1/s1. The summed E-state index contributed by atoms with van der Waals surface area (Å²) in [5.74, 6) is -0.138. The number of nitrogens with zero attached hydrogens (tertiary/aromatic N) is 3. The van der Waals surface area contributed by atoms with Gasteiger partial charge in [0.25, 0.3) is 0 Å². The van der Waals surface area contributed by atoms with Crippen molar-refractivity contribution in [3.8, 4) is 5.75 Å². The van der Waals surface area contributed by atoms with E-state index >= 15 is 0 Å². The Morgan fingerprint density at radius 3 is 2.22 bits per heavy atom. The van der Waals surface area contributed by atoms with E-state index in [4.69, 9.17) is 4.74 Å². The van der Waals surface area contributed by atoms with Crippen molar-refractivity contribution in [3.05, 3.63) is 60.2 Å². The predicted octanol–water partition coefficient (Wildman–Crippen LogP) is 3.03. The number of para-hydroxylation sites is 1. The van der Waals surface area contributed by atoms with Gasteiger partial charge in [-0.3, -0.25) is 9.59 Å². The van der Waals surface area contributed by atoms with Gasteiger partial charge in [-0.25, -0.2) is 4.31 Å². The van der Waals surface area contributed by atoms with Gasteiger partial charge in [0.05, 0.1) is 12.8 Å². The molecule has 36 heavy (non-hydrogen) atoms. The minimum absolute atomic E-state index is 0.0599. The Balaban J connectivity index is 2.49. The van der Waals surface area contributed by atoms with Gasteiger partial charge in [0.2, 0.25) is 11.8 Å². The summed E-state index contributed by atoms with van der Waals surface area (Å²) in [7, 11) is 0.404. The average Bonchev–Trinajstić information content (AvgIpc) is 2.87. The maximum atomic E-state index is 13.8. The summed E-state index contributed by atoms with van der Waals surface area (Å²) >= 11 is 0. The largest absolute Gasteiger partial charge is 0.497 e. The molecule has 9 nitrogen and oxygen atoms in total. The summed E-state index contributed by atoms with van der Waals surface area (Å²) in [6.07, 6.45) is 1.11. The maximum absolute atomic E-state index is 13.8. The molecule has 2 amide bonds. The number of anilines is 1. The molecular weight excluding hydrogens is 480 g/mol. The van der Waals surface area contributed by atoms with Crippen molar-refractivity contribution in [1.29, 1.82) is 0 Å². The zero-order chi connectivity index (χ0) is 26.9. The number of ether oxygens (including phenoxy) is 1. The summed E-state index contributed by atoms with van der Waals surface area (Å²) in [5, 5.41) is 2.96. The molecule has 0 spiro atoms. The topological polar surface area (TPSA) is 99.3 Å². The van der Waals surface area contributed by atoms with Crippen LogP contribution >= 0.6 is 0 Å². The van der Waals surface area contributed by atoms with Crippen LogP contribution in [0.3, 0.4) is 0 Å². The third-order valence-electron chi connectivity index (χ3n) is 5.94. The van der Waals surface area contributed by atoms with Gasteiger partial charge in [0, 0.05) is 26.7 Å². The number of methoxy groups -OCH3 is 1. The summed E-state index contributed by atoms with van der Waals surface area (Å²) < 4.78 is 33.8. The number of amides is 2. The average molecular weight is 519 g/mol. The molecule has 2 atom stereocenters. The van der Waals surface area contributed by atoms with E-state index in [9.17, 15) is 18.0 Å². The number of nitrogens with one attached hydrogen (secondary N) is 1. The van der Waals surface area contributed by atoms with Crippen LogP contribution in [0.15, 0.2) is 54.6 Å². The van der Waals surface area contributed by atoms with E-state index in [2.05, 4.69) is 5.32 Å². The van der Waals surface area contributed by atoms with Crippen LogP contribution in [0.25, 0.3) is 0 Å². The Labute approximate surface area is 215 Å². The normalized spacial score (nSPS) is 13.1. The first-order valence-electron chi connectivity index (χ1n) is 12.0. The smallest absolute Gasteiger partial charge is 0.304 e. The van der Waals surface area contributed by atoms with Crippen LogP contribution in [0.5, 0.6) is 5.75 Å². The molecule has 0 unspecified atom stereocenters. The molecule has 2 aromatic carbocycles. The monoisotopic (exact) mass is 518 g/mol. The number of benzene rings is 2. The Morgan fingerprint density at radius 1 is 1.00 bits per heavy atom. The molecular formula is C26H38N4O5S. The lowest BCUT2D eigenvalue weighted by Gasteiger charge is -2.34. The van der Waals surface area contributed by atoms with Gasteiger partial charge in [-0.1, -0.05) is 44.2 Å². The van der Waals surface area contributed by atoms with Crippen LogP contribution in [0.1, 0.15) is 39.2 Å². The van der Waals surface area contributed by atoms with Crippen molar-refractivity contribution in [3.63, 3.8) is 0 Å². The number of rotatable bonds is 13. The molecule has 2 aromatic rings. The van der Waals surface area contributed by atoms with Crippen molar-refractivity contribution in [2.45, 2.75) is 52.2 Å². The fraction of sp³-hybridized carbons (Fsp3) is 0.462. The Morgan fingerprint density at radius 2 is 1.67 bits per heavy atom. The van der Waals surface area contributed by atoms with E-state index in [1.165, 1.54) is 19.0 Å². The van der Waals surface area contributed by atoms with Gasteiger partial charge in [-0.15, -0.1) is 0 Å². The molecule has 0 saturated heterocycles. The molecule has 0 heterocycles. The number of hydrogen-bond donors (Lipinski definition) is 1. The molecule has 0 bridgehead atoms. The summed E-state index contributed by atoms with van der Waals surface area (Å²) in [6.45, 7) is 5.36. The van der Waals surface area contributed by atoms with E-state index in [1.807, 2.05) is 32.9 Å². The number of carbonyl (C=O) groups excluding carboxylic acids is 2.